The first-order chi connectivity index (χ1) is 8.42. The number of hydrazine groups is 1. The molecule has 2 N–H and O–H groups in total. The van der Waals surface area contributed by atoms with E-state index in [0.29, 0.717) is 0 Å². The molecule has 1 saturated heterocycles. The van der Waals surface area contributed by atoms with Crippen molar-refractivity contribution in [3.8, 4) is 0 Å². The number of benzene rings is 2. The van der Waals surface area contributed by atoms with Crippen LogP contribution in [0.15, 0.2) is 60.7 Å². The number of hydrogen-bond acceptors (Lipinski definition) is 3. The minimum atomic E-state index is -0.164. The van der Waals surface area contributed by atoms with E-state index >= 15 is 0 Å². The van der Waals surface area contributed by atoms with Crippen LogP contribution in [0.25, 0.3) is 0 Å². The molecular formula is C14H14N2S. The molecule has 0 bridgehead atoms. The highest BCUT2D eigenvalue weighted by atomic mass is 32.2. The molecule has 1 aliphatic heterocycles. The molecule has 1 heterocycles. The highest BCUT2D eigenvalue weighted by Gasteiger charge is 2.37. The largest absolute Gasteiger partial charge is 0.246 e. The van der Waals surface area contributed by atoms with Crippen molar-refractivity contribution < 1.29 is 0 Å². The van der Waals surface area contributed by atoms with E-state index in [0.717, 1.165) is 5.88 Å². The van der Waals surface area contributed by atoms with Crippen molar-refractivity contribution >= 4 is 11.8 Å². The van der Waals surface area contributed by atoms with Gasteiger partial charge in [0, 0.05) is 0 Å². The Morgan fingerprint density at radius 3 is 1.76 bits per heavy atom. The zero-order valence-electron chi connectivity index (χ0n) is 9.39. The van der Waals surface area contributed by atoms with Crippen LogP contribution < -0.4 is 10.9 Å². The molecule has 0 unspecified atom stereocenters. The summed E-state index contributed by atoms with van der Waals surface area (Å²) < 4.78 is 0. The van der Waals surface area contributed by atoms with Crippen molar-refractivity contribution in [1.29, 1.82) is 0 Å². The normalized spacial score (nSPS) is 18.1. The Hall–Kier alpha value is -1.29. The molecule has 0 amide bonds. The van der Waals surface area contributed by atoms with Crippen LogP contribution in [0.4, 0.5) is 0 Å². The molecule has 0 aromatic heterocycles. The van der Waals surface area contributed by atoms with E-state index in [1.807, 2.05) is 11.8 Å². The van der Waals surface area contributed by atoms with Gasteiger partial charge in [-0.1, -0.05) is 60.7 Å². The minimum absolute atomic E-state index is 0.164. The summed E-state index contributed by atoms with van der Waals surface area (Å²) in [6.45, 7) is 0. The molecule has 0 aliphatic carbocycles. The van der Waals surface area contributed by atoms with Gasteiger partial charge in [-0.2, -0.15) is 0 Å². The number of thioether (sulfide) groups is 1. The first kappa shape index (κ1) is 10.8. The standard InChI is InChI=1S/C14H14N2S/c1-3-7-12(8-4-1)14(16-15-11-17-14)13-9-5-2-6-10-13/h1-10,15-16H,11H2. The second-order valence-electron chi connectivity index (χ2n) is 4.00. The molecule has 0 atom stereocenters. The van der Waals surface area contributed by atoms with Gasteiger partial charge in [-0.05, 0) is 11.1 Å². The summed E-state index contributed by atoms with van der Waals surface area (Å²) in [4.78, 5) is -0.164. The van der Waals surface area contributed by atoms with Crippen LogP contribution in [0.2, 0.25) is 0 Å². The lowest BCUT2D eigenvalue weighted by Gasteiger charge is -2.28. The first-order valence-corrected chi connectivity index (χ1v) is 6.65. The fourth-order valence-corrected chi connectivity index (χ4v) is 3.28. The lowest BCUT2D eigenvalue weighted by atomic mass is 9.98. The van der Waals surface area contributed by atoms with E-state index in [1.54, 1.807) is 0 Å². The van der Waals surface area contributed by atoms with Gasteiger partial charge in [0.25, 0.3) is 0 Å². The highest BCUT2D eigenvalue weighted by Crippen LogP contribution is 2.41. The topological polar surface area (TPSA) is 24.1 Å². The minimum Gasteiger partial charge on any atom is -0.246 e. The summed E-state index contributed by atoms with van der Waals surface area (Å²) in [6.07, 6.45) is 0. The summed E-state index contributed by atoms with van der Waals surface area (Å²) in [7, 11) is 0. The third-order valence-electron chi connectivity index (χ3n) is 2.99. The fourth-order valence-electron chi connectivity index (χ4n) is 2.16. The molecule has 1 fully saturated rings. The quantitative estimate of drug-likeness (QED) is 0.846. The molecule has 2 aromatic rings. The van der Waals surface area contributed by atoms with E-state index in [4.69, 9.17) is 0 Å². The summed E-state index contributed by atoms with van der Waals surface area (Å²) in [5.41, 5.74) is 9.20. The van der Waals surface area contributed by atoms with Crippen molar-refractivity contribution in [2.75, 3.05) is 5.88 Å². The first-order valence-electron chi connectivity index (χ1n) is 5.67. The average Bonchev–Trinajstić information content (AvgIpc) is 2.91. The molecule has 0 saturated carbocycles. The molecular weight excluding hydrogens is 228 g/mol. The molecule has 1 aliphatic rings. The summed E-state index contributed by atoms with van der Waals surface area (Å²) in [5.74, 6) is 0.907. The van der Waals surface area contributed by atoms with Gasteiger partial charge in [-0.3, -0.25) is 0 Å². The molecule has 17 heavy (non-hydrogen) atoms. The van der Waals surface area contributed by atoms with E-state index in [2.05, 4.69) is 71.5 Å². The second kappa shape index (κ2) is 4.53. The Labute approximate surface area is 105 Å². The van der Waals surface area contributed by atoms with Crippen LogP contribution in [0.5, 0.6) is 0 Å². The van der Waals surface area contributed by atoms with E-state index in [-0.39, 0.29) is 4.87 Å². The van der Waals surface area contributed by atoms with Crippen molar-refractivity contribution in [2.24, 2.45) is 0 Å². The van der Waals surface area contributed by atoms with E-state index < -0.39 is 0 Å². The predicted molar refractivity (Wildman–Crippen MR) is 72.4 cm³/mol. The van der Waals surface area contributed by atoms with Gasteiger partial charge in [0.15, 0.2) is 0 Å². The van der Waals surface area contributed by atoms with Gasteiger partial charge in [-0.25, -0.2) is 10.9 Å². The zero-order chi connectivity index (χ0) is 11.6. The smallest absolute Gasteiger partial charge is 0.130 e. The van der Waals surface area contributed by atoms with E-state index in [1.165, 1.54) is 11.1 Å². The van der Waals surface area contributed by atoms with Crippen molar-refractivity contribution in [2.45, 2.75) is 4.87 Å². The van der Waals surface area contributed by atoms with Gasteiger partial charge >= 0.3 is 0 Å². The third-order valence-corrected chi connectivity index (χ3v) is 4.28. The SMILES string of the molecule is c1ccc(C2(c3ccccc3)NNCS2)cc1. The second-order valence-corrected chi connectivity index (χ2v) is 5.19. The fraction of sp³-hybridized carbons (Fsp3) is 0.143. The van der Waals surface area contributed by atoms with Crippen LogP contribution in [-0.2, 0) is 4.87 Å². The van der Waals surface area contributed by atoms with Gasteiger partial charge in [0.1, 0.15) is 4.87 Å². The maximum atomic E-state index is 3.42. The number of nitrogens with one attached hydrogen (secondary N) is 2. The molecule has 2 aromatic carbocycles. The monoisotopic (exact) mass is 242 g/mol. The molecule has 0 radical (unpaired) electrons. The van der Waals surface area contributed by atoms with Crippen LogP contribution in [0.1, 0.15) is 11.1 Å². The molecule has 86 valence electrons. The van der Waals surface area contributed by atoms with Gasteiger partial charge < -0.3 is 0 Å². The Morgan fingerprint density at radius 1 is 0.824 bits per heavy atom. The maximum Gasteiger partial charge on any atom is 0.130 e. The van der Waals surface area contributed by atoms with Crippen molar-refractivity contribution in [1.82, 2.24) is 10.9 Å². The van der Waals surface area contributed by atoms with Crippen LogP contribution >= 0.6 is 11.8 Å². The Bertz CT molecular complexity index is 437. The summed E-state index contributed by atoms with van der Waals surface area (Å²) in [5, 5.41) is 0. The summed E-state index contributed by atoms with van der Waals surface area (Å²) in [6, 6.07) is 21.1. The predicted octanol–water partition coefficient (Wildman–Crippen LogP) is 2.69. The van der Waals surface area contributed by atoms with Crippen molar-refractivity contribution in [3.63, 3.8) is 0 Å². The van der Waals surface area contributed by atoms with Gasteiger partial charge in [0.2, 0.25) is 0 Å². The lowest BCUT2D eigenvalue weighted by Crippen LogP contribution is -2.40. The number of hydrogen-bond donors (Lipinski definition) is 2. The lowest BCUT2D eigenvalue weighted by molar-refractivity contribution is 0.516. The zero-order valence-corrected chi connectivity index (χ0v) is 10.2. The van der Waals surface area contributed by atoms with Crippen LogP contribution in [0.3, 0.4) is 0 Å². The molecule has 3 rings (SSSR count). The summed E-state index contributed by atoms with van der Waals surface area (Å²) >= 11 is 1.87. The van der Waals surface area contributed by atoms with Crippen LogP contribution in [-0.4, -0.2) is 5.88 Å². The van der Waals surface area contributed by atoms with Crippen molar-refractivity contribution in [3.05, 3.63) is 71.8 Å². The Kier molecular flexibility index (Phi) is 2.89. The average molecular weight is 242 g/mol. The Morgan fingerprint density at radius 2 is 1.35 bits per heavy atom. The third kappa shape index (κ3) is 1.86. The van der Waals surface area contributed by atoms with Crippen LogP contribution in [0, 0.1) is 0 Å². The molecule has 2 nitrogen and oxygen atoms in total. The number of rotatable bonds is 2. The van der Waals surface area contributed by atoms with E-state index in [9.17, 15) is 0 Å². The highest BCUT2D eigenvalue weighted by molar-refractivity contribution is 8.00. The Balaban J connectivity index is 2.11. The molecule has 0 spiro atoms. The van der Waals surface area contributed by atoms with Gasteiger partial charge in [-0.15, -0.1) is 11.8 Å². The molecule has 3 heteroatoms. The maximum absolute atomic E-state index is 3.42. The van der Waals surface area contributed by atoms with Gasteiger partial charge in [0.05, 0.1) is 5.88 Å².